The lowest BCUT2D eigenvalue weighted by Gasteiger charge is -2.12. The average Bonchev–Trinajstić information content (AvgIpc) is 2.86. The zero-order chi connectivity index (χ0) is 14.2. The normalized spacial score (nSPS) is 14.1. The molecule has 0 fully saturated rings. The molecule has 0 unspecified atom stereocenters. The van der Waals surface area contributed by atoms with E-state index in [9.17, 15) is 0 Å². The van der Waals surface area contributed by atoms with E-state index in [2.05, 4.69) is 15.3 Å². The summed E-state index contributed by atoms with van der Waals surface area (Å²) in [6.45, 7) is 0. The molecule has 2 heterocycles. The van der Waals surface area contributed by atoms with Gasteiger partial charge in [-0.25, -0.2) is 4.98 Å². The smallest absolute Gasteiger partial charge is 0.225 e. The van der Waals surface area contributed by atoms with Crippen molar-refractivity contribution < 1.29 is 0 Å². The van der Waals surface area contributed by atoms with Crippen molar-refractivity contribution in [2.75, 3.05) is 5.32 Å². The molecule has 0 amide bonds. The summed E-state index contributed by atoms with van der Waals surface area (Å²) in [7, 11) is 0. The molecule has 0 atom stereocenters. The Bertz CT molecular complexity index is 798. The van der Waals surface area contributed by atoms with E-state index in [0.29, 0.717) is 5.28 Å². The maximum atomic E-state index is 6.10. The van der Waals surface area contributed by atoms with E-state index in [-0.39, 0.29) is 0 Å². The molecule has 0 radical (unpaired) electrons. The van der Waals surface area contributed by atoms with Crippen LogP contribution in [0.2, 0.25) is 5.28 Å². The van der Waals surface area contributed by atoms with E-state index >= 15 is 0 Å². The monoisotopic (exact) mass is 315 g/mol. The second-order valence-corrected chi connectivity index (χ2v) is 6.65. The molecule has 1 aliphatic carbocycles. The van der Waals surface area contributed by atoms with Gasteiger partial charge in [0.15, 0.2) is 0 Å². The number of nitrogens with zero attached hydrogens (tertiary/aromatic N) is 2. The van der Waals surface area contributed by atoms with Crippen molar-refractivity contribution in [3.63, 3.8) is 0 Å². The predicted octanol–water partition coefficient (Wildman–Crippen LogP) is 4.97. The average molecular weight is 316 g/mol. The Morgan fingerprint density at radius 1 is 1.05 bits per heavy atom. The quantitative estimate of drug-likeness (QED) is 0.679. The van der Waals surface area contributed by atoms with E-state index in [1.54, 1.807) is 11.3 Å². The van der Waals surface area contributed by atoms with Crippen LogP contribution in [0.1, 0.15) is 23.3 Å². The van der Waals surface area contributed by atoms with Crippen LogP contribution in [0.3, 0.4) is 0 Å². The summed E-state index contributed by atoms with van der Waals surface area (Å²) in [5.74, 6) is 0.829. The predicted molar refractivity (Wildman–Crippen MR) is 88.8 cm³/mol. The number of rotatable bonds is 2. The number of para-hydroxylation sites is 1. The van der Waals surface area contributed by atoms with Crippen LogP contribution in [0.5, 0.6) is 0 Å². The number of nitrogens with one attached hydrogen (secondary N) is 1. The molecule has 1 aromatic carbocycles. The minimum Gasteiger partial charge on any atom is -0.340 e. The second-order valence-electron chi connectivity index (χ2n) is 5.22. The number of benzene rings is 1. The summed E-state index contributed by atoms with van der Waals surface area (Å²) in [5.41, 5.74) is 2.43. The van der Waals surface area contributed by atoms with Gasteiger partial charge in [-0.2, -0.15) is 4.98 Å². The Kier molecular flexibility index (Phi) is 3.28. The first-order valence-corrected chi connectivity index (χ1v) is 8.30. The molecule has 0 bridgehead atoms. The number of fused-ring (bicyclic) bond motifs is 3. The number of hydrogen-bond acceptors (Lipinski definition) is 4. The van der Waals surface area contributed by atoms with Crippen molar-refractivity contribution in [2.24, 2.45) is 0 Å². The molecular weight excluding hydrogens is 302 g/mol. The molecule has 3 nitrogen and oxygen atoms in total. The van der Waals surface area contributed by atoms with E-state index in [1.165, 1.54) is 23.3 Å². The standard InChI is InChI=1S/C16H14ClN3S/c17-16-19-14(18-10-6-2-1-3-7-10)13-11-8-4-5-9-12(11)21-15(13)20-16/h1-3,6-7H,4-5,8-9H2,(H,18,19,20). The molecule has 0 saturated heterocycles. The summed E-state index contributed by atoms with van der Waals surface area (Å²) in [5, 5.41) is 4.86. The second kappa shape index (κ2) is 5.28. The van der Waals surface area contributed by atoms with Gasteiger partial charge < -0.3 is 5.32 Å². The third kappa shape index (κ3) is 2.39. The van der Waals surface area contributed by atoms with Crippen LogP contribution in [-0.2, 0) is 12.8 Å². The first kappa shape index (κ1) is 13.0. The number of aromatic nitrogens is 2. The maximum Gasteiger partial charge on any atom is 0.225 e. The fraction of sp³-hybridized carbons (Fsp3) is 0.250. The van der Waals surface area contributed by atoms with Crippen LogP contribution in [0, 0.1) is 0 Å². The zero-order valence-corrected chi connectivity index (χ0v) is 13.0. The number of halogens is 1. The van der Waals surface area contributed by atoms with Crippen LogP contribution in [0.4, 0.5) is 11.5 Å². The van der Waals surface area contributed by atoms with Crippen LogP contribution in [-0.4, -0.2) is 9.97 Å². The molecule has 106 valence electrons. The highest BCUT2D eigenvalue weighted by atomic mass is 35.5. The summed E-state index contributed by atoms with van der Waals surface area (Å²) in [6.07, 6.45) is 4.78. The topological polar surface area (TPSA) is 37.8 Å². The van der Waals surface area contributed by atoms with Gasteiger partial charge in [0.05, 0.1) is 5.39 Å². The molecule has 1 aliphatic rings. The van der Waals surface area contributed by atoms with E-state index in [4.69, 9.17) is 11.6 Å². The van der Waals surface area contributed by atoms with E-state index in [0.717, 1.165) is 34.6 Å². The van der Waals surface area contributed by atoms with Gasteiger partial charge >= 0.3 is 0 Å². The van der Waals surface area contributed by atoms with Crippen molar-refractivity contribution in [3.05, 3.63) is 46.1 Å². The van der Waals surface area contributed by atoms with Gasteiger partial charge in [0.2, 0.25) is 5.28 Å². The lowest BCUT2D eigenvalue weighted by molar-refractivity contribution is 0.700. The first-order chi connectivity index (χ1) is 10.3. The Labute approximate surface area is 132 Å². The Morgan fingerprint density at radius 2 is 1.86 bits per heavy atom. The van der Waals surface area contributed by atoms with Crippen molar-refractivity contribution in [1.82, 2.24) is 9.97 Å². The van der Waals surface area contributed by atoms with Gasteiger partial charge in [-0.15, -0.1) is 11.3 Å². The minimum atomic E-state index is 0.305. The lowest BCUT2D eigenvalue weighted by Crippen LogP contribution is -2.01. The van der Waals surface area contributed by atoms with Crippen molar-refractivity contribution >= 4 is 44.7 Å². The molecule has 2 aromatic heterocycles. The summed E-state index contributed by atoms with van der Waals surface area (Å²) >= 11 is 7.86. The zero-order valence-electron chi connectivity index (χ0n) is 11.4. The molecule has 4 rings (SSSR count). The molecule has 0 saturated carbocycles. The fourth-order valence-electron chi connectivity index (χ4n) is 2.88. The van der Waals surface area contributed by atoms with Gasteiger partial charge in [0, 0.05) is 10.6 Å². The molecule has 5 heteroatoms. The van der Waals surface area contributed by atoms with Crippen molar-refractivity contribution in [2.45, 2.75) is 25.7 Å². The van der Waals surface area contributed by atoms with Gasteiger partial charge in [0.25, 0.3) is 0 Å². The van der Waals surface area contributed by atoms with Crippen molar-refractivity contribution in [3.8, 4) is 0 Å². The number of anilines is 2. The summed E-state index contributed by atoms with van der Waals surface area (Å²) < 4.78 is 0. The van der Waals surface area contributed by atoms with Crippen LogP contribution in [0.15, 0.2) is 30.3 Å². The minimum absolute atomic E-state index is 0.305. The highest BCUT2D eigenvalue weighted by Crippen LogP contribution is 2.39. The molecule has 1 N–H and O–H groups in total. The third-order valence-electron chi connectivity index (χ3n) is 3.82. The Balaban J connectivity index is 1.89. The van der Waals surface area contributed by atoms with Crippen LogP contribution >= 0.6 is 22.9 Å². The number of aryl methyl sites for hydroxylation is 2. The first-order valence-electron chi connectivity index (χ1n) is 7.11. The van der Waals surface area contributed by atoms with Gasteiger partial charge in [-0.3, -0.25) is 0 Å². The van der Waals surface area contributed by atoms with Crippen LogP contribution in [0.25, 0.3) is 10.2 Å². The third-order valence-corrected chi connectivity index (χ3v) is 5.18. The van der Waals surface area contributed by atoms with Gasteiger partial charge in [0.1, 0.15) is 10.6 Å². The molecule has 21 heavy (non-hydrogen) atoms. The Hall–Kier alpha value is -1.65. The lowest BCUT2D eigenvalue weighted by atomic mass is 9.97. The van der Waals surface area contributed by atoms with Crippen molar-refractivity contribution in [1.29, 1.82) is 0 Å². The highest BCUT2D eigenvalue weighted by Gasteiger charge is 2.20. The fourth-order valence-corrected chi connectivity index (χ4v) is 4.36. The molecular formula is C16H14ClN3S. The number of thiophene rings is 1. The molecule has 0 spiro atoms. The summed E-state index contributed by atoms with van der Waals surface area (Å²) in [6, 6.07) is 10.1. The largest absolute Gasteiger partial charge is 0.340 e. The Morgan fingerprint density at radius 3 is 2.71 bits per heavy atom. The van der Waals surface area contributed by atoms with E-state index in [1.807, 2.05) is 30.3 Å². The van der Waals surface area contributed by atoms with Gasteiger partial charge in [-0.1, -0.05) is 18.2 Å². The SMILES string of the molecule is Clc1nc(Nc2ccccc2)c2c3c(sc2n1)CCCC3. The molecule has 0 aliphatic heterocycles. The summed E-state index contributed by atoms with van der Waals surface area (Å²) in [4.78, 5) is 11.3. The van der Waals surface area contributed by atoms with Crippen LogP contribution < -0.4 is 5.32 Å². The van der Waals surface area contributed by atoms with E-state index < -0.39 is 0 Å². The number of hydrogen-bond donors (Lipinski definition) is 1. The van der Waals surface area contributed by atoms with Gasteiger partial charge in [-0.05, 0) is 55.0 Å². The highest BCUT2D eigenvalue weighted by molar-refractivity contribution is 7.19. The molecule has 3 aromatic rings. The maximum absolute atomic E-state index is 6.10.